The highest BCUT2D eigenvalue weighted by molar-refractivity contribution is 5.36. The molecule has 1 atom stereocenters. The standard InChI is InChI=1S/C21H32N2O3/c1-2-4-21(26-19-8-13-24-14-9-19)20(3-1)17-6-11-23(12-7-17)18-5-10-22-16-25-15-18/h1-4,17-19,22H,5-16H2/t18-/m0/s1. The number of ether oxygens (including phenoxy) is 3. The summed E-state index contributed by atoms with van der Waals surface area (Å²) in [7, 11) is 0. The van der Waals surface area contributed by atoms with E-state index in [-0.39, 0.29) is 0 Å². The first kappa shape index (κ1) is 18.2. The normalized spacial score (nSPS) is 27.2. The monoisotopic (exact) mass is 360 g/mol. The fourth-order valence-corrected chi connectivity index (χ4v) is 4.45. The van der Waals surface area contributed by atoms with E-state index in [1.807, 2.05) is 0 Å². The lowest BCUT2D eigenvalue weighted by Gasteiger charge is -2.37. The Hall–Kier alpha value is -1.14. The van der Waals surface area contributed by atoms with Crippen LogP contribution in [0.1, 0.15) is 43.6 Å². The van der Waals surface area contributed by atoms with Crippen molar-refractivity contribution in [1.29, 1.82) is 0 Å². The molecule has 3 fully saturated rings. The second-order valence-corrected chi connectivity index (χ2v) is 7.74. The fraction of sp³-hybridized carbons (Fsp3) is 0.714. The summed E-state index contributed by atoms with van der Waals surface area (Å²) in [5, 5.41) is 3.32. The van der Waals surface area contributed by atoms with Gasteiger partial charge in [-0.2, -0.15) is 0 Å². The van der Waals surface area contributed by atoms with Crippen LogP contribution in [0.5, 0.6) is 5.75 Å². The van der Waals surface area contributed by atoms with Crippen LogP contribution < -0.4 is 10.1 Å². The third-order valence-corrected chi connectivity index (χ3v) is 6.04. The van der Waals surface area contributed by atoms with Gasteiger partial charge in [0.05, 0.1) is 26.6 Å². The Morgan fingerprint density at radius 1 is 0.962 bits per heavy atom. The van der Waals surface area contributed by atoms with E-state index in [0.29, 0.717) is 24.8 Å². The Labute approximate surface area is 157 Å². The molecule has 0 amide bonds. The molecule has 144 valence electrons. The molecule has 0 aliphatic carbocycles. The average Bonchev–Trinajstić information content (AvgIpc) is 2.99. The number of para-hydroxylation sites is 1. The zero-order valence-corrected chi connectivity index (χ0v) is 15.7. The van der Waals surface area contributed by atoms with Gasteiger partial charge in [0.1, 0.15) is 11.9 Å². The van der Waals surface area contributed by atoms with Crippen LogP contribution in [0, 0.1) is 0 Å². The SMILES string of the molecule is c1ccc(C2CCN([C@H]3CCNCOC3)CC2)c(OC2CCOCC2)c1. The number of piperidine rings is 1. The predicted molar refractivity (Wildman–Crippen MR) is 102 cm³/mol. The molecule has 3 aliphatic heterocycles. The zero-order chi connectivity index (χ0) is 17.6. The van der Waals surface area contributed by atoms with Crippen LogP contribution >= 0.6 is 0 Å². The van der Waals surface area contributed by atoms with E-state index in [1.165, 1.54) is 24.8 Å². The first-order chi connectivity index (χ1) is 12.9. The van der Waals surface area contributed by atoms with E-state index >= 15 is 0 Å². The summed E-state index contributed by atoms with van der Waals surface area (Å²) in [6, 6.07) is 9.25. The van der Waals surface area contributed by atoms with E-state index in [1.54, 1.807) is 0 Å². The minimum Gasteiger partial charge on any atom is -0.490 e. The van der Waals surface area contributed by atoms with E-state index in [0.717, 1.165) is 58.0 Å². The lowest BCUT2D eigenvalue weighted by atomic mass is 9.88. The van der Waals surface area contributed by atoms with Gasteiger partial charge in [0.25, 0.3) is 0 Å². The van der Waals surface area contributed by atoms with E-state index < -0.39 is 0 Å². The average molecular weight is 360 g/mol. The van der Waals surface area contributed by atoms with Crippen molar-refractivity contribution >= 4 is 0 Å². The van der Waals surface area contributed by atoms with Gasteiger partial charge in [0.15, 0.2) is 0 Å². The molecular formula is C21H32N2O3. The van der Waals surface area contributed by atoms with Crippen molar-refractivity contribution in [3.8, 4) is 5.75 Å². The van der Waals surface area contributed by atoms with Crippen molar-refractivity contribution in [2.24, 2.45) is 0 Å². The number of nitrogens with one attached hydrogen (secondary N) is 1. The first-order valence-electron chi connectivity index (χ1n) is 10.3. The van der Waals surface area contributed by atoms with Crippen molar-refractivity contribution < 1.29 is 14.2 Å². The highest BCUT2D eigenvalue weighted by Crippen LogP contribution is 2.36. The van der Waals surface area contributed by atoms with Crippen LogP contribution in [0.15, 0.2) is 24.3 Å². The topological polar surface area (TPSA) is 43.0 Å². The molecule has 5 heteroatoms. The molecule has 1 aromatic carbocycles. The smallest absolute Gasteiger partial charge is 0.123 e. The number of likely N-dealkylation sites (tertiary alicyclic amines) is 1. The molecule has 1 aromatic rings. The van der Waals surface area contributed by atoms with Gasteiger partial charge >= 0.3 is 0 Å². The Bertz CT molecular complexity index is 546. The maximum absolute atomic E-state index is 6.38. The van der Waals surface area contributed by atoms with Crippen molar-refractivity contribution in [3.63, 3.8) is 0 Å². The fourth-order valence-electron chi connectivity index (χ4n) is 4.45. The molecular weight excluding hydrogens is 328 g/mol. The highest BCUT2D eigenvalue weighted by atomic mass is 16.5. The molecule has 0 unspecified atom stereocenters. The predicted octanol–water partition coefficient (Wildman–Crippen LogP) is 2.76. The Morgan fingerprint density at radius 3 is 2.62 bits per heavy atom. The molecule has 0 spiro atoms. The summed E-state index contributed by atoms with van der Waals surface area (Å²) >= 11 is 0. The van der Waals surface area contributed by atoms with Crippen LogP contribution in [0.25, 0.3) is 0 Å². The van der Waals surface area contributed by atoms with Gasteiger partial charge in [-0.1, -0.05) is 18.2 Å². The van der Waals surface area contributed by atoms with Gasteiger partial charge in [-0.05, 0) is 56.4 Å². The molecule has 3 heterocycles. The maximum Gasteiger partial charge on any atom is 0.123 e. The van der Waals surface area contributed by atoms with Gasteiger partial charge in [0.2, 0.25) is 0 Å². The lowest BCUT2D eigenvalue weighted by molar-refractivity contribution is 0.0246. The summed E-state index contributed by atoms with van der Waals surface area (Å²) in [4.78, 5) is 2.63. The first-order valence-corrected chi connectivity index (χ1v) is 10.3. The van der Waals surface area contributed by atoms with Crippen LogP contribution in [0.4, 0.5) is 0 Å². The minimum atomic E-state index is 0.306. The Morgan fingerprint density at radius 2 is 1.77 bits per heavy atom. The molecule has 26 heavy (non-hydrogen) atoms. The van der Waals surface area contributed by atoms with Crippen molar-refractivity contribution in [1.82, 2.24) is 10.2 Å². The van der Waals surface area contributed by atoms with Crippen molar-refractivity contribution in [2.75, 3.05) is 46.2 Å². The molecule has 3 aliphatic rings. The molecule has 1 N–H and O–H groups in total. The van der Waals surface area contributed by atoms with Gasteiger partial charge in [0, 0.05) is 18.9 Å². The maximum atomic E-state index is 6.38. The van der Waals surface area contributed by atoms with Gasteiger partial charge in [-0.15, -0.1) is 0 Å². The molecule has 3 saturated heterocycles. The highest BCUT2D eigenvalue weighted by Gasteiger charge is 2.28. The molecule has 4 rings (SSSR count). The number of rotatable bonds is 4. The van der Waals surface area contributed by atoms with E-state index in [9.17, 15) is 0 Å². The van der Waals surface area contributed by atoms with Crippen LogP contribution in [-0.2, 0) is 9.47 Å². The number of hydrogen-bond acceptors (Lipinski definition) is 5. The second kappa shape index (κ2) is 9.18. The molecule has 0 bridgehead atoms. The van der Waals surface area contributed by atoms with Gasteiger partial charge in [-0.25, -0.2) is 0 Å². The third kappa shape index (κ3) is 4.58. The molecule has 5 nitrogen and oxygen atoms in total. The van der Waals surface area contributed by atoms with Crippen molar-refractivity contribution in [3.05, 3.63) is 29.8 Å². The minimum absolute atomic E-state index is 0.306. The summed E-state index contributed by atoms with van der Waals surface area (Å²) in [5.74, 6) is 1.70. The number of nitrogens with zero attached hydrogens (tertiary/aromatic N) is 1. The summed E-state index contributed by atoms with van der Waals surface area (Å²) < 4.78 is 17.5. The Kier molecular flexibility index (Phi) is 6.44. The van der Waals surface area contributed by atoms with Gasteiger partial charge in [-0.3, -0.25) is 10.2 Å². The van der Waals surface area contributed by atoms with Crippen molar-refractivity contribution in [2.45, 2.75) is 50.2 Å². The number of benzene rings is 1. The molecule has 0 radical (unpaired) electrons. The summed E-state index contributed by atoms with van der Waals surface area (Å²) in [6.45, 7) is 6.58. The number of hydrogen-bond donors (Lipinski definition) is 1. The second-order valence-electron chi connectivity index (χ2n) is 7.74. The van der Waals surface area contributed by atoms with Gasteiger partial charge < -0.3 is 14.2 Å². The third-order valence-electron chi connectivity index (χ3n) is 6.04. The lowest BCUT2D eigenvalue weighted by Crippen LogP contribution is -2.43. The molecule has 0 aromatic heterocycles. The van der Waals surface area contributed by atoms with Crippen LogP contribution in [-0.4, -0.2) is 63.2 Å². The quantitative estimate of drug-likeness (QED) is 0.894. The van der Waals surface area contributed by atoms with Crippen LogP contribution in [0.3, 0.4) is 0 Å². The van der Waals surface area contributed by atoms with Crippen LogP contribution in [0.2, 0.25) is 0 Å². The molecule has 0 saturated carbocycles. The largest absolute Gasteiger partial charge is 0.490 e. The summed E-state index contributed by atoms with van der Waals surface area (Å²) in [6.07, 6.45) is 5.91. The van der Waals surface area contributed by atoms with E-state index in [2.05, 4.69) is 34.5 Å². The van der Waals surface area contributed by atoms with E-state index in [4.69, 9.17) is 14.2 Å². The summed E-state index contributed by atoms with van der Waals surface area (Å²) in [5.41, 5.74) is 1.40. The Balaban J connectivity index is 1.36. The zero-order valence-electron chi connectivity index (χ0n) is 15.7.